The molecule has 6 atom stereocenters. The van der Waals surface area contributed by atoms with Crippen LogP contribution in [0.5, 0.6) is 0 Å². The molecule has 5 N–H and O–H groups in total. The smallest absolute Gasteiger partial charge is 0.407 e. The van der Waals surface area contributed by atoms with Crippen LogP contribution in [0.3, 0.4) is 0 Å². The Morgan fingerprint density at radius 3 is 2.12 bits per heavy atom. The fourth-order valence-corrected chi connectivity index (χ4v) is 8.58. The number of hydrogen-bond donors (Lipinski definition) is 5. The standard InChI is InChI=1S/C29H32N6O3.C15H20N2O2.C2H6/c1-18(2)26(34-29(37)38-3)28(36)35-14-4-5-25(35)27-31-16-24(33-27)22-12-8-20(9-13-22)19-6-10-21(11-7-19)23-15-30-17-32-23;18-9-14(13-3-1-2-6-16-13)17-15(19)12-8-10-4-5-11(12)7-10;1-2/h6-13,15-18,25-26H,4-5,14H2,1-3H3,(H,30,32)(H,31,33)(H,34,37);1-3,6,10-12,14,18H,4-5,7-9H2,(H,17,19);1-2H3. The Morgan fingerprint density at radius 1 is 0.864 bits per heavy atom. The summed E-state index contributed by atoms with van der Waals surface area (Å²) in [6.45, 7) is 8.33. The van der Waals surface area contributed by atoms with Gasteiger partial charge in [0.05, 0.1) is 61.6 Å². The highest BCUT2D eigenvalue weighted by Crippen LogP contribution is 2.48. The van der Waals surface area contributed by atoms with Gasteiger partial charge in [-0.15, -0.1) is 0 Å². The van der Waals surface area contributed by atoms with E-state index in [9.17, 15) is 19.5 Å². The van der Waals surface area contributed by atoms with E-state index in [2.05, 4.69) is 84.1 Å². The molecule has 5 aromatic rings. The highest BCUT2D eigenvalue weighted by atomic mass is 16.5. The van der Waals surface area contributed by atoms with Gasteiger partial charge in [0, 0.05) is 18.7 Å². The number of aliphatic hydroxyl groups is 1. The fourth-order valence-electron chi connectivity index (χ4n) is 8.58. The van der Waals surface area contributed by atoms with E-state index in [0.717, 1.165) is 70.3 Å². The maximum absolute atomic E-state index is 13.4. The molecule has 1 aliphatic heterocycles. The number of aromatic amines is 2. The number of carbonyl (C=O) groups is 3. The number of imidazole rings is 2. The molecule has 1 saturated heterocycles. The van der Waals surface area contributed by atoms with Crippen molar-refractivity contribution in [2.24, 2.45) is 23.7 Å². The molecule has 2 saturated carbocycles. The van der Waals surface area contributed by atoms with Crippen molar-refractivity contribution in [1.29, 1.82) is 0 Å². The van der Waals surface area contributed by atoms with E-state index in [-0.39, 0.29) is 42.3 Å². The number of alkyl carbamates (subject to hydrolysis) is 1. The first-order chi connectivity index (χ1) is 28.7. The summed E-state index contributed by atoms with van der Waals surface area (Å²) in [6, 6.07) is 21.0. The molecule has 2 aromatic carbocycles. The molecule has 8 rings (SSSR count). The first-order valence-electron chi connectivity index (χ1n) is 20.9. The second kappa shape index (κ2) is 20.2. The lowest BCUT2D eigenvalue weighted by Gasteiger charge is -2.30. The Balaban J connectivity index is 0.000000232. The number of hydrogen-bond acceptors (Lipinski definition) is 8. The lowest BCUT2D eigenvalue weighted by atomic mass is 9.88. The van der Waals surface area contributed by atoms with Crippen LogP contribution in [-0.2, 0) is 14.3 Å². The number of aromatic nitrogens is 5. The minimum absolute atomic E-state index is 0.0739. The lowest BCUT2D eigenvalue weighted by molar-refractivity contribution is -0.135. The first kappa shape index (κ1) is 42.8. The van der Waals surface area contributed by atoms with Gasteiger partial charge in [0.1, 0.15) is 11.9 Å². The van der Waals surface area contributed by atoms with Gasteiger partial charge < -0.3 is 35.3 Å². The van der Waals surface area contributed by atoms with Crippen LogP contribution in [0.25, 0.3) is 33.6 Å². The van der Waals surface area contributed by atoms with E-state index >= 15 is 0 Å². The van der Waals surface area contributed by atoms with Gasteiger partial charge in [-0.2, -0.15) is 0 Å². The third kappa shape index (κ3) is 10.3. The summed E-state index contributed by atoms with van der Waals surface area (Å²) in [4.78, 5) is 58.8. The minimum atomic E-state index is -0.654. The third-order valence-corrected chi connectivity index (χ3v) is 11.7. The van der Waals surface area contributed by atoms with E-state index in [1.165, 1.54) is 26.4 Å². The number of methoxy groups -OCH3 is 1. The molecule has 13 heteroatoms. The van der Waals surface area contributed by atoms with Crippen LogP contribution < -0.4 is 10.6 Å². The molecular weight excluding hydrogens is 745 g/mol. The number of likely N-dealkylation sites (tertiary alicyclic amines) is 1. The van der Waals surface area contributed by atoms with Crippen LogP contribution in [0.2, 0.25) is 0 Å². The monoisotopic (exact) mass is 802 g/mol. The van der Waals surface area contributed by atoms with Crippen molar-refractivity contribution in [1.82, 2.24) is 40.5 Å². The van der Waals surface area contributed by atoms with Crippen LogP contribution >= 0.6 is 0 Å². The molecule has 312 valence electrons. The topological polar surface area (TPSA) is 178 Å². The first-order valence-corrected chi connectivity index (χ1v) is 20.9. The zero-order valence-electron chi connectivity index (χ0n) is 34.7. The SMILES string of the molecule is CC.COC(=O)NC(C(=O)N1CCCC1c1ncc(-c2ccc(-c3ccc(-c4cnc[nH]4)cc3)cc2)[nH]1)C(C)C.O=C(NC(CO)c1ccccn1)C1CC2CCC1C2. The molecule has 59 heavy (non-hydrogen) atoms. The average molecular weight is 803 g/mol. The van der Waals surface area contributed by atoms with Crippen molar-refractivity contribution in [2.75, 3.05) is 20.3 Å². The Morgan fingerprint density at radius 2 is 1.56 bits per heavy atom. The number of rotatable bonds is 11. The minimum Gasteiger partial charge on any atom is -0.453 e. The van der Waals surface area contributed by atoms with Gasteiger partial charge in [-0.3, -0.25) is 14.6 Å². The average Bonchev–Trinajstić information content (AvgIpc) is 4.15. The molecule has 3 amide bonds. The number of benzene rings is 2. The number of carbonyl (C=O) groups excluding carboxylic acids is 3. The summed E-state index contributed by atoms with van der Waals surface area (Å²) in [7, 11) is 1.30. The molecule has 3 aromatic heterocycles. The molecule has 3 aliphatic rings. The molecule has 0 spiro atoms. The maximum Gasteiger partial charge on any atom is 0.407 e. The summed E-state index contributed by atoms with van der Waals surface area (Å²) in [6.07, 6.45) is 12.8. The Labute approximate surface area is 346 Å². The Hall–Kier alpha value is -5.82. The summed E-state index contributed by atoms with van der Waals surface area (Å²) < 4.78 is 4.72. The van der Waals surface area contributed by atoms with Gasteiger partial charge in [-0.25, -0.2) is 14.8 Å². The molecular formula is C46H58N8O5. The normalized spacial score (nSPS) is 20.2. The molecule has 4 heterocycles. The van der Waals surface area contributed by atoms with Crippen molar-refractivity contribution >= 4 is 17.9 Å². The number of pyridine rings is 1. The Kier molecular flexibility index (Phi) is 14.7. The molecule has 3 fully saturated rings. The highest BCUT2D eigenvalue weighted by molar-refractivity contribution is 5.86. The second-order valence-corrected chi connectivity index (χ2v) is 15.6. The quantitative estimate of drug-likeness (QED) is 0.0896. The number of amides is 3. The highest BCUT2D eigenvalue weighted by Gasteiger charge is 2.43. The molecule has 0 radical (unpaired) electrons. The fraction of sp³-hybridized carbons (Fsp3) is 0.435. The summed E-state index contributed by atoms with van der Waals surface area (Å²) >= 11 is 0. The van der Waals surface area contributed by atoms with Crippen molar-refractivity contribution < 1.29 is 24.2 Å². The van der Waals surface area contributed by atoms with Crippen molar-refractivity contribution in [3.05, 3.63) is 103 Å². The van der Waals surface area contributed by atoms with Crippen molar-refractivity contribution in [3.8, 4) is 33.6 Å². The molecule has 2 aliphatic carbocycles. The summed E-state index contributed by atoms with van der Waals surface area (Å²) in [5.74, 6) is 2.12. The molecule has 2 bridgehead atoms. The van der Waals surface area contributed by atoms with Gasteiger partial charge in [0.25, 0.3) is 0 Å². The van der Waals surface area contributed by atoms with Crippen molar-refractivity contribution in [2.45, 2.75) is 84.3 Å². The van der Waals surface area contributed by atoms with Crippen LogP contribution in [0, 0.1) is 23.7 Å². The van der Waals surface area contributed by atoms with E-state index in [0.29, 0.717) is 12.5 Å². The Bertz CT molecular complexity index is 2090. The molecule has 6 unspecified atom stereocenters. The second-order valence-electron chi connectivity index (χ2n) is 15.6. The summed E-state index contributed by atoms with van der Waals surface area (Å²) in [5, 5.41) is 15.1. The van der Waals surface area contributed by atoms with Crippen LogP contribution in [0.1, 0.15) is 89.8 Å². The van der Waals surface area contributed by atoms with Gasteiger partial charge in [-0.1, -0.05) is 88.7 Å². The zero-order chi connectivity index (χ0) is 41.9. The number of nitrogens with one attached hydrogen (secondary N) is 4. The van der Waals surface area contributed by atoms with E-state index in [4.69, 9.17) is 4.74 Å². The lowest BCUT2D eigenvalue weighted by Crippen LogP contribution is -2.51. The molecule has 13 nitrogen and oxygen atoms in total. The third-order valence-electron chi connectivity index (χ3n) is 11.7. The van der Waals surface area contributed by atoms with Gasteiger partial charge in [0.2, 0.25) is 11.8 Å². The number of ether oxygens (including phenoxy) is 1. The predicted molar refractivity (Wildman–Crippen MR) is 227 cm³/mol. The van der Waals surface area contributed by atoms with Crippen LogP contribution in [0.15, 0.2) is 91.6 Å². The number of H-pyrrole nitrogens is 2. The summed E-state index contributed by atoms with van der Waals surface area (Å²) in [5.41, 5.74) is 6.97. The maximum atomic E-state index is 13.4. The van der Waals surface area contributed by atoms with Gasteiger partial charge >= 0.3 is 6.09 Å². The number of nitrogens with zero attached hydrogens (tertiary/aromatic N) is 4. The largest absolute Gasteiger partial charge is 0.453 e. The van der Waals surface area contributed by atoms with Gasteiger partial charge in [0.15, 0.2) is 0 Å². The van der Waals surface area contributed by atoms with Crippen LogP contribution in [-0.4, -0.2) is 79.1 Å². The van der Waals surface area contributed by atoms with E-state index in [1.807, 2.05) is 63.2 Å². The van der Waals surface area contributed by atoms with Crippen molar-refractivity contribution in [3.63, 3.8) is 0 Å². The number of aliphatic hydroxyl groups excluding tert-OH is 1. The van der Waals surface area contributed by atoms with E-state index < -0.39 is 12.1 Å². The van der Waals surface area contributed by atoms with Gasteiger partial charge in [-0.05, 0) is 84.2 Å². The predicted octanol–water partition coefficient (Wildman–Crippen LogP) is 7.87. The zero-order valence-corrected chi connectivity index (χ0v) is 34.7. The van der Waals surface area contributed by atoms with Crippen LogP contribution in [0.4, 0.5) is 4.79 Å². The van der Waals surface area contributed by atoms with E-state index in [1.54, 1.807) is 12.5 Å². The number of fused-ring (bicyclic) bond motifs is 2.